The third-order valence-corrected chi connectivity index (χ3v) is 5.98. The summed E-state index contributed by atoms with van der Waals surface area (Å²) in [6.45, 7) is 4.14. The van der Waals surface area contributed by atoms with E-state index in [0.717, 1.165) is 30.4 Å². The SMILES string of the molecule is Cc1ccc(C)c(S(=O)(=O)N(CCCl)C2CCC2)c1. The topological polar surface area (TPSA) is 37.4 Å². The van der Waals surface area contributed by atoms with Gasteiger partial charge in [-0.3, -0.25) is 0 Å². The van der Waals surface area contributed by atoms with E-state index >= 15 is 0 Å². The number of nitrogens with zero attached hydrogens (tertiary/aromatic N) is 1. The van der Waals surface area contributed by atoms with Crippen LogP contribution in [0.3, 0.4) is 0 Å². The Labute approximate surface area is 120 Å². The Kier molecular flexibility index (Phi) is 4.54. The number of hydrogen-bond acceptors (Lipinski definition) is 2. The standard InChI is InChI=1S/C14H20ClNO2S/c1-11-6-7-12(2)14(10-11)19(17,18)16(9-8-15)13-4-3-5-13/h6-7,10,13H,3-5,8-9H2,1-2H3. The van der Waals surface area contributed by atoms with Gasteiger partial charge in [-0.2, -0.15) is 4.31 Å². The first-order valence-corrected chi connectivity index (χ1v) is 8.59. The predicted octanol–water partition coefficient (Wildman–Crippen LogP) is 3.09. The van der Waals surface area contributed by atoms with Crippen LogP contribution in [0.5, 0.6) is 0 Å². The molecule has 5 heteroatoms. The van der Waals surface area contributed by atoms with Crippen molar-refractivity contribution in [2.75, 3.05) is 12.4 Å². The van der Waals surface area contributed by atoms with Crippen LogP contribution in [0.25, 0.3) is 0 Å². The summed E-state index contributed by atoms with van der Waals surface area (Å²) in [5, 5.41) is 0. The van der Waals surface area contributed by atoms with Gasteiger partial charge in [0, 0.05) is 18.5 Å². The molecule has 106 valence electrons. The van der Waals surface area contributed by atoms with Crippen LogP contribution in [0, 0.1) is 13.8 Å². The third kappa shape index (κ3) is 2.96. The molecule has 0 atom stereocenters. The molecule has 3 nitrogen and oxygen atoms in total. The first-order valence-electron chi connectivity index (χ1n) is 6.62. The summed E-state index contributed by atoms with van der Waals surface area (Å²) in [5.41, 5.74) is 1.76. The van der Waals surface area contributed by atoms with E-state index in [-0.39, 0.29) is 6.04 Å². The first kappa shape index (κ1) is 14.8. The van der Waals surface area contributed by atoms with Crippen molar-refractivity contribution in [3.8, 4) is 0 Å². The van der Waals surface area contributed by atoms with Crippen LogP contribution in [0.4, 0.5) is 0 Å². The van der Waals surface area contributed by atoms with Gasteiger partial charge in [-0.1, -0.05) is 18.6 Å². The zero-order chi connectivity index (χ0) is 14.0. The minimum absolute atomic E-state index is 0.128. The van der Waals surface area contributed by atoms with Crippen molar-refractivity contribution in [2.45, 2.75) is 44.0 Å². The number of rotatable bonds is 5. The molecule has 0 N–H and O–H groups in total. The molecule has 1 aromatic rings. The summed E-state index contributed by atoms with van der Waals surface area (Å²) in [6.07, 6.45) is 2.99. The normalized spacial score (nSPS) is 16.6. The number of benzene rings is 1. The second-order valence-electron chi connectivity index (χ2n) is 5.16. The maximum absolute atomic E-state index is 12.8. The van der Waals surface area contributed by atoms with Crippen LogP contribution in [0.2, 0.25) is 0 Å². The number of aryl methyl sites for hydroxylation is 2. The molecule has 0 radical (unpaired) electrons. The summed E-state index contributed by atoms with van der Waals surface area (Å²) in [4.78, 5) is 0.421. The lowest BCUT2D eigenvalue weighted by Crippen LogP contribution is -2.45. The number of halogens is 1. The summed E-state index contributed by atoms with van der Waals surface area (Å²) in [6, 6.07) is 5.68. The minimum Gasteiger partial charge on any atom is -0.207 e. The van der Waals surface area contributed by atoms with Crippen molar-refractivity contribution in [3.63, 3.8) is 0 Å². The van der Waals surface area contributed by atoms with Crippen LogP contribution >= 0.6 is 11.6 Å². The molecule has 1 fully saturated rings. The van der Waals surface area contributed by atoms with E-state index in [4.69, 9.17) is 11.6 Å². The molecular weight excluding hydrogens is 282 g/mol. The quantitative estimate of drug-likeness (QED) is 0.784. The van der Waals surface area contributed by atoms with Gasteiger partial charge >= 0.3 is 0 Å². The van der Waals surface area contributed by atoms with E-state index in [1.807, 2.05) is 26.0 Å². The van der Waals surface area contributed by atoms with Crippen molar-refractivity contribution in [1.82, 2.24) is 4.31 Å². The number of hydrogen-bond donors (Lipinski definition) is 0. The lowest BCUT2D eigenvalue weighted by atomic mass is 9.93. The maximum atomic E-state index is 12.8. The van der Waals surface area contributed by atoms with E-state index < -0.39 is 10.0 Å². The fourth-order valence-corrected chi connectivity index (χ4v) is 4.65. The van der Waals surface area contributed by atoms with Gasteiger partial charge in [0.1, 0.15) is 0 Å². The molecule has 2 rings (SSSR count). The largest absolute Gasteiger partial charge is 0.243 e. The molecule has 0 aliphatic heterocycles. The highest BCUT2D eigenvalue weighted by molar-refractivity contribution is 7.89. The van der Waals surface area contributed by atoms with Gasteiger partial charge in [-0.25, -0.2) is 8.42 Å². The second kappa shape index (κ2) is 5.81. The Morgan fingerprint density at radius 2 is 2.00 bits per heavy atom. The summed E-state index contributed by atoms with van der Waals surface area (Å²) < 4.78 is 27.2. The van der Waals surface area contributed by atoms with Crippen LogP contribution < -0.4 is 0 Å². The number of alkyl halides is 1. The zero-order valence-electron chi connectivity index (χ0n) is 11.4. The molecule has 0 amide bonds. The summed E-state index contributed by atoms with van der Waals surface area (Å²) in [5.74, 6) is 0.334. The average molecular weight is 302 g/mol. The van der Waals surface area contributed by atoms with E-state index in [0.29, 0.717) is 17.3 Å². The van der Waals surface area contributed by atoms with Crippen molar-refractivity contribution < 1.29 is 8.42 Å². The summed E-state index contributed by atoms with van der Waals surface area (Å²) in [7, 11) is -3.43. The highest BCUT2D eigenvalue weighted by Crippen LogP contribution is 2.31. The molecule has 19 heavy (non-hydrogen) atoms. The highest BCUT2D eigenvalue weighted by Gasteiger charge is 2.35. The maximum Gasteiger partial charge on any atom is 0.243 e. The Hall–Kier alpha value is -0.580. The molecule has 1 aliphatic rings. The molecule has 1 aromatic carbocycles. The van der Waals surface area contributed by atoms with Crippen LogP contribution in [0.15, 0.2) is 23.1 Å². The molecule has 0 spiro atoms. The van der Waals surface area contributed by atoms with Crippen molar-refractivity contribution in [3.05, 3.63) is 29.3 Å². The highest BCUT2D eigenvalue weighted by atomic mass is 35.5. The molecular formula is C14H20ClNO2S. The Morgan fingerprint density at radius 3 is 2.53 bits per heavy atom. The van der Waals surface area contributed by atoms with E-state index in [1.165, 1.54) is 0 Å². The fraction of sp³-hybridized carbons (Fsp3) is 0.571. The predicted molar refractivity (Wildman–Crippen MR) is 78.2 cm³/mol. The molecule has 1 saturated carbocycles. The molecule has 0 bridgehead atoms. The van der Waals surface area contributed by atoms with Gasteiger partial charge in [0.2, 0.25) is 10.0 Å². The minimum atomic E-state index is -3.43. The molecule has 0 unspecified atom stereocenters. The molecule has 0 aromatic heterocycles. The van der Waals surface area contributed by atoms with Gasteiger partial charge < -0.3 is 0 Å². The Balaban J connectivity index is 2.40. The van der Waals surface area contributed by atoms with Gasteiger partial charge in [-0.05, 0) is 43.9 Å². The monoisotopic (exact) mass is 301 g/mol. The summed E-state index contributed by atoms with van der Waals surface area (Å²) >= 11 is 5.78. The third-order valence-electron chi connectivity index (χ3n) is 3.72. The number of sulfonamides is 1. The lowest BCUT2D eigenvalue weighted by molar-refractivity contribution is 0.227. The van der Waals surface area contributed by atoms with E-state index in [2.05, 4.69) is 0 Å². The zero-order valence-corrected chi connectivity index (χ0v) is 13.0. The fourth-order valence-electron chi connectivity index (χ4n) is 2.37. The Morgan fingerprint density at radius 1 is 1.32 bits per heavy atom. The van der Waals surface area contributed by atoms with Gasteiger partial charge in [0.25, 0.3) is 0 Å². The molecule has 1 aliphatic carbocycles. The Bertz CT molecular complexity index is 553. The first-order chi connectivity index (χ1) is 8.96. The van der Waals surface area contributed by atoms with Crippen molar-refractivity contribution in [1.29, 1.82) is 0 Å². The van der Waals surface area contributed by atoms with Gasteiger partial charge in [-0.15, -0.1) is 11.6 Å². The van der Waals surface area contributed by atoms with E-state index in [1.54, 1.807) is 10.4 Å². The molecule has 0 heterocycles. The van der Waals surface area contributed by atoms with Crippen LogP contribution in [-0.4, -0.2) is 31.2 Å². The smallest absolute Gasteiger partial charge is 0.207 e. The van der Waals surface area contributed by atoms with Gasteiger partial charge in [0.05, 0.1) is 4.90 Å². The van der Waals surface area contributed by atoms with Crippen molar-refractivity contribution >= 4 is 21.6 Å². The van der Waals surface area contributed by atoms with E-state index in [9.17, 15) is 8.42 Å². The van der Waals surface area contributed by atoms with Gasteiger partial charge in [0.15, 0.2) is 0 Å². The molecule has 0 saturated heterocycles. The van der Waals surface area contributed by atoms with Crippen molar-refractivity contribution in [2.24, 2.45) is 0 Å². The lowest BCUT2D eigenvalue weighted by Gasteiger charge is -2.36. The van der Waals surface area contributed by atoms with Crippen LogP contribution in [-0.2, 0) is 10.0 Å². The van der Waals surface area contributed by atoms with Crippen LogP contribution in [0.1, 0.15) is 30.4 Å². The second-order valence-corrected chi connectivity index (χ2v) is 7.40. The average Bonchev–Trinajstić information content (AvgIpc) is 2.29.